The van der Waals surface area contributed by atoms with Crippen molar-refractivity contribution in [2.75, 3.05) is 6.54 Å². The summed E-state index contributed by atoms with van der Waals surface area (Å²) in [5.41, 5.74) is 6.60. The van der Waals surface area contributed by atoms with E-state index in [1.54, 1.807) is 35.5 Å². The molecule has 1 saturated heterocycles. The largest absolute Gasteiger partial charge is 0.336 e. The molecule has 5 nitrogen and oxygen atoms in total. The average molecular weight is 302 g/mol. The van der Waals surface area contributed by atoms with Gasteiger partial charge in [0.1, 0.15) is 11.5 Å². The second-order valence-electron chi connectivity index (χ2n) is 5.75. The van der Waals surface area contributed by atoms with Crippen molar-refractivity contribution in [1.29, 1.82) is 0 Å². The fourth-order valence-electron chi connectivity index (χ4n) is 2.91. The number of nitrogens with two attached hydrogens (primary N) is 1. The number of amides is 1. The molecule has 1 amide bonds. The number of aromatic nitrogens is 2. The van der Waals surface area contributed by atoms with Crippen LogP contribution in [0.15, 0.2) is 36.7 Å². The van der Waals surface area contributed by atoms with Crippen molar-refractivity contribution in [2.24, 2.45) is 5.73 Å². The first-order chi connectivity index (χ1) is 10.6. The highest BCUT2D eigenvalue weighted by molar-refractivity contribution is 5.94. The number of likely N-dealkylation sites (tertiary alicyclic amines) is 1. The van der Waals surface area contributed by atoms with Crippen molar-refractivity contribution in [3.05, 3.63) is 48.0 Å². The summed E-state index contributed by atoms with van der Waals surface area (Å²) >= 11 is 0. The Morgan fingerprint density at radius 1 is 1.45 bits per heavy atom. The average Bonchev–Trinajstić information content (AvgIpc) is 3.00. The maximum absolute atomic E-state index is 14.2. The first kappa shape index (κ1) is 14.7. The molecule has 1 aromatic heterocycles. The second-order valence-corrected chi connectivity index (χ2v) is 5.75. The summed E-state index contributed by atoms with van der Waals surface area (Å²) in [6.07, 6.45) is 4.80. The minimum atomic E-state index is -0.462. The predicted molar refractivity (Wildman–Crippen MR) is 81.2 cm³/mol. The third-order valence-electron chi connectivity index (χ3n) is 4.12. The van der Waals surface area contributed by atoms with Crippen LogP contribution in [0.4, 0.5) is 4.39 Å². The van der Waals surface area contributed by atoms with Gasteiger partial charge < -0.3 is 10.6 Å². The zero-order valence-electron chi connectivity index (χ0n) is 12.4. The molecule has 0 saturated carbocycles. The lowest BCUT2D eigenvalue weighted by Crippen LogP contribution is -2.48. The number of piperidine rings is 1. The third kappa shape index (κ3) is 2.74. The fourth-order valence-corrected chi connectivity index (χ4v) is 2.91. The Bertz CT molecular complexity index is 671. The number of carbonyl (C=O) groups excluding carboxylic acids is 1. The molecule has 0 bridgehead atoms. The summed E-state index contributed by atoms with van der Waals surface area (Å²) in [5.74, 6) is -0.610. The molecule has 116 valence electrons. The van der Waals surface area contributed by atoms with Crippen molar-refractivity contribution >= 4 is 5.91 Å². The molecule has 3 rings (SSSR count). The topological polar surface area (TPSA) is 64.2 Å². The molecule has 0 radical (unpaired) electrons. The SMILES string of the molecule is CC1CC(N)CCN1C(=O)c1ccc(-n2cccn2)c(F)c1. The molecule has 2 aromatic rings. The lowest BCUT2D eigenvalue weighted by Gasteiger charge is -2.36. The highest BCUT2D eigenvalue weighted by Crippen LogP contribution is 2.21. The van der Waals surface area contributed by atoms with E-state index in [0.29, 0.717) is 17.8 Å². The number of carbonyl (C=O) groups is 1. The van der Waals surface area contributed by atoms with E-state index in [4.69, 9.17) is 5.73 Å². The number of hydrogen-bond donors (Lipinski definition) is 1. The molecular formula is C16H19FN4O. The molecule has 2 unspecified atom stereocenters. The number of benzene rings is 1. The Morgan fingerprint density at radius 3 is 2.91 bits per heavy atom. The van der Waals surface area contributed by atoms with Crippen LogP contribution in [0.5, 0.6) is 0 Å². The van der Waals surface area contributed by atoms with Gasteiger partial charge in [-0.3, -0.25) is 4.79 Å². The minimum absolute atomic E-state index is 0.0742. The maximum atomic E-state index is 14.2. The Labute approximate surface area is 128 Å². The van der Waals surface area contributed by atoms with E-state index in [0.717, 1.165) is 12.8 Å². The molecule has 6 heteroatoms. The van der Waals surface area contributed by atoms with E-state index < -0.39 is 5.82 Å². The van der Waals surface area contributed by atoms with E-state index >= 15 is 0 Å². The van der Waals surface area contributed by atoms with Crippen molar-refractivity contribution in [2.45, 2.75) is 31.8 Å². The molecule has 22 heavy (non-hydrogen) atoms. The molecule has 1 aliphatic heterocycles. The minimum Gasteiger partial charge on any atom is -0.336 e. The van der Waals surface area contributed by atoms with Crippen molar-refractivity contribution < 1.29 is 9.18 Å². The molecule has 2 N–H and O–H groups in total. The zero-order chi connectivity index (χ0) is 15.7. The van der Waals surface area contributed by atoms with Gasteiger partial charge in [-0.25, -0.2) is 9.07 Å². The normalized spacial score (nSPS) is 21.9. The molecule has 1 aliphatic rings. The Morgan fingerprint density at radius 2 is 2.27 bits per heavy atom. The van der Waals surface area contributed by atoms with Gasteiger partial charge >= 0.3 is 0 Å². The van der Waals surface area contributed by atoms with E-state index in [1.165, 1.54) is 10.7 Å². The highest BCUT2D eigenvalue weighted by atomic mass is 19.1. The summed E-state index contributed by atoms with van der Waals surface area (Å²) in [4.78, 5) is 14.3. The monoisotopic (exact) mass is 302 g/mol. The highest BCUT2D eigenvalue weighted by Gasteiger charge is 2.28. The van der Waals surface area contributed by atoms with Crippen molar-refractivity contribution in [3.63, 3.8) is 0 Å². The summed E-state index contributed by atoms with van der Waals surface area (Å²) < 4.78 is 15.7. The quantitative estimate of drug-likeness (QED) is 0.922. The number of hydrogen-bond acceptors (Lipinski definition) is 3. The lowest BCUT2D eigenvalue weighted by atomic mass is 9.98. The smallest absolute Gasteiger partial charge is 0.254 e. The molecule has 1 fully saturated rings. The zero-order valence-corrected chi connectivity index (χ0v) is 12.4. The Kier molecular flexibility index (Phi) is 3.94. The molecule has 0 aliphatic carbocycles. The molecule has 1 aromatic carbocycles. The molecular weight excluding hydrogens is 283 g/mol. The van der Waals surface area contributed by atoms with Gasteiger partial charge in [0.2, 0.25) is 0 Å². The molecule has 0 spiro atoms. The summed E-state index contributed by atoms with van der Waals surface area (Å²) in [6.45, 7) is 2.59. The van der Waals surface area contributed by atoms with Crippen LogP contribution in [-0.4, -0.2) is 39.2 Å². The summed E-state index contributed by atoms with van der Waals surface area (Å²) in [5, 5.41) is 4.00. The van der Waals surface area contributed by atoms with Gasteiger partial charge in [0.05, 0.1) is 0 Å². The van der Waals surface area contributed by atoms with Crippen LogP contribution in [0, 0.1) is 5.82 Å². The second kappa shape index (κ2) is 5.88. The Balaban J connectivity index is 1.83. The maximum Gasteiger partial charge on any atom is 0.254 e. The van der Waals surface area contributed by atoms with Crippen LogP contribution in [0.1, 0.15) is 30.1 Å². The standard InChI is InChI=1S/C16H19FN4O/c1-11-9-13(18)5-8-20(11)16(22)12-3-4-15(14(17)10-12)21-7-2-6-19-21/h2-4,6-7,10-11,13H,5,8-9,18H2,1H3. The van der Waals surface area contributed by atoms with Crippen LogP contribution >= 0.6 is 0 Å². The van der Waals surface area contributed by atoms with Gasteiger partial charge in [0.25, 0.3) is 5.91 Å². The van der Waals surface area contributed by atoms with Crippen LogP contribution in [0.25, 0.3) is 5.69 Å². The van der Waals surface area contributed by atoms with Gasteiger partial charge in [0.15, 0.2) is 0 Å². The molecule has 2 atom stereocenters. The number of rotatable bonds is 2. The van der Waals surface area contributed by atoms with Crippen molar-refractivity contribution in [3.8, 4) is 5.69 Å². The van der Waals surface area contributed by atoms with Gasteiger partial charge in [-0.1, -0.05) is 0 Å². The van der Waals surface area contributed by atoms with Crippen molar-refractivity contribution in [1.82, 2.24) is 14.7 Å². The van der Waals surface area contributed by atoms with Crippen LogP contribution < -0.4 is 5.73 Å². The van der Waals surface area contributed by atoms with E-state index in [1.807, 2.05) is 6.92 Å². The third-order valence-corrected chi connectivity index (χ3v) is 4.12. The number of nitrogens with zero attached hydrogens (tertiary/aromatic N) is 3. The predicted octanol–water partition coefficient (Wildman–Crippen LogP) is 1.96. The Hall–Kier alpha value is -2.21. The summed E-state index contributed by atoms with van der Waals surface area (Å²) in [7, 11) is 0. The van der Waals surface area contributed by atoms with E-state index in [9.17, 15) is 9.18 Å². The van der Waals surface area contributed by atoms with Crippen LogP contribution in [-0.2, 0) is 0 Å². The summed E-state index contributed by atoms with van der Waals surface area (Å²) in [6, 6.07) is 6.43. The van der Waals surface area contributed by atoms with Crippen LogP contribution in [0.3, 0.4) is 0 Å². The molecule has 2 heterocycles. The van der Waals surface area contributed by atoms with E-state index in [-0.39, 0.29) is 18.0 Å². The fraction of sp³-hybridized carbons (Fsp3) is 0.375. The first-order valence-electron chi connectivity index (χ1n) is 7.42. The van der Waals surface area contributed by atoms with Gasteiger partial charge in [-0.15, -0.1) is 0 Å². The van der Waals surface area contributed by atoms with Gasteiger partial charge in [-0.2, -0.15) is 5.10 Å². The first-order valence-corrected chi connectivity index (χ1v) is 7.42. The number of halogens is 1. The van der Waals surface area contributed by atoms with Gasteiger partial charge in [-0.05, 0) is 44.0 Å². The van der Waals surface area contributed by atoms with Crippen LogP contribution in [0.2, 0.25) is 0 Å². The lowest BCUT2D eigenvalue weighted by molar-refractivity contribution is 0.0618. The van der Waals surface area contributed by atoms with Gasteiger partial charge in [0, 0.05) is 36.6 Å². The van der Waals surface area contributed by atoms with E-state index in [2.05, 4.69) is 5.10 Å².